The van der Waals surface area contributed by atoms with Crippen molar-refractivity contribution in [1.29, 1.82) is 0 Å². The molecule has 1 nitrogen and oxygen atoms in total. The first-order valence-corrected chi connectivity index (χ1v) is 6.82. The second-order valence-corrected chi connectivity index (χ2v) is 5.58. The molecule has 3 heteroatoms. The fraction of sp³-hybridized carbons (Fsp3) is 0.188. The number of halogens is 1. The summed E-state index contributed by atoms with van der Waals surface area (Å²) in [7, 11) is 0. The Morgan fingerprint density at radius 3 is 2.16 bits per heavy atom. The molecule has 98 valence electrons. The minimum absolute atomic E-state index is 0.489. The van der Waals surface area contributed by atoms with Crippen molar-refractivity contribution in [2.45, 2.75) is 19.4 Å². The van der Waals surface area contributed by atoms with Crippen LogP contribution in [0, 0.1) is 0 Å². The molecular weight excluding hydrogens is 276 g/mol. The molecule has 0 fully saturated rings. The van der Waals surface area contributed by atoms with Gasteiger partial charge < -0.3 is 4.74 Å². The maximum absolute atomic E-state index is 5.94. The van der Waals surface area contributed by atoms with Crippen molar-refractivity contribution in [3.05, 3.63) is 70.7 Å². The van der Waals surface area contributed by atoms with Crippen LogP contribution in [0.5, 0.6) is 0 Å². The molecule has 0 aliphatic carbocycles. The van der Waals surface area contributed by atoms with Crippen LogP contribution < -0.4 is 0 Å². The van der Waals surface area contributed by atoms with E-state index in [1.54, 1.807) is 0 Å². The second kappa shape index (κ2) is 5.72. The van der Waals surface area contributed by atoms with Crippen LogP contribution in [0.4, 0.5) is 0 Å². The van der Waals surface area contributed by atoms with Crippen LogP contribution >= 0.6 is 23.8 Å². The summed E-state index contributed by atoms with van der Waals surface area (Å²) < 4.78 is 5.94. The van der Waals surface area contributed by atoms with E-state index in [1.165, 1.54) is 0 Å². The van der Waals surface area contributed by atoms with Crippen LogP contribution in [0.3, 0.4) is 0 Å². The zero-order valence-electron chi connectivity index (χ0n) is 10.9. The smallest absolute Gasteiger partial charge is 0.192 e. The molecule has 0 aliphatic heterocycles. The SMILES string of the molecule is CC(C)(OC(=S)c1ccccc1)c1ccc(Cl)cc1. The van der Waals surface area contributed by atoms with Crippen LogP contribution in [0.1, 0.15) is 25.0 Å². The predicted molar refractivity (Wildman–Crippen MR) is 83.7 cm³/mol. The fourth-order valence-electron chi connectivity index (χ4n) is 1.78. The number of hydrogen-bond acceptors (Lipinski definition) is 2. The minimum Gasteiger partial charge on any atom is -0.472 e. The normalized spacial score (nSPS) is 11.1. The van der Waals surface area contributed by atoms with Crippen molar-refractivity contribution >= 4 is 28.9 Å². The summed E-state index contributed by atoms with van der Waals surface area (Å²) in [4.78, 5) is 0. The van der Waals surface area contributed by atoms with Crippen molar-refractivity contribution < 1.29 is 4.74 Å². The maximum Gasteiger partial charge on any atom is 0.192 e. The number of thiocarbonyl (C=S) groups is 1. The highest BCUT2D eigenvalue weighted by molar-refractivity contribution is 7.80. The van der Waals surface area contributed by atoms with E-state index in [4.69, 9.17) is 28.6 Å². The molecular formula is C16H15ClOS. The molecule has 2 rings (SSSR count). The van der Waals surface area contributed by atoms with E-state index in [9.17, 15) is 0 Å². The van der Waals surface area contributed by atoms with E-state index >= 15 is 0 Å². The lowest BCUT2D eigenvalue weighted by Gasteiger charge is -2.27. The van der Waals surface area contributed by atoms with Gasteiger partial charge in [-0.1, -0.05) is 54.1 Å². The third-order valence-electron chi connectivity index (χ3n) is 2.90. The lowest BCUT2D eigenvalue weighted by molar-refractivity contribution is 0.1000. The van der Waals surface area contributed by atoms with Gasteiger partial charge >= 0.3 is 0 Å². The summed E-state index contributed by atoms with van der Waals surface area (Å²) in [5.41, 5.74) is 1.46. The highest BCUT2D eigenvalue weighted by Crippen LogP contribution is 2.27. The number of hydrogen-bond donors (Lipinski definition) is 0. The van der Waals surface area contributed by atoms with Crippen molar-refractivity contribution in [2.24, 2.45) is 0 Å². The van der Waals surface area contributed by atoms with Gasteiger partial charge in [-0.15, -0.1) is 0 Å². The Hall–Kier alpha value is -1.38. The molecule has 0 amide bonds. The van der Waals surface area contributed by atoms with Crippen molar-refractivity contribution in [1.82, 2.24) is 0 Å². The van der Waals surface area contributed by atoms with E-state index < -0.39 is 5.60 Å². The van der Waals surface area contributed by atoms with Gasteiger partial charge in [-0.3, -0.25) is 0 Å². The van der Waals surface area contributed by atoms with Crippen LogP contribution in [0.15, 0.2) is 54.6 Å². The van der Waals surface area contributed by atoms with Crippen LogP contribution in [-0.4, -0.2) is 5.05 Å². The maximum atomic E-state index is 5.94. The fourth-order valence-corrected chi connectivity index (χ4v) is 2.25. The standard InChI is InChI=1S/C16H15ClOS/c1-16(2,13-8-10-14(17)11-9-13)18-15(19)12-6-4-3-5-7-12/h3-11H,1-2H3. The number of ether oxygens (including phenoxy) is 1. The molecule has 0 spiro atoms. The molecule has 2 aromatic carbocycles. The third kappa shape index (κ3) is 3.55. The topological polar surface area (TPSA) is 9.23 Å². The summed E-state index contributed by atoms with van der Waals surface area (Å²) in [6.07, 6.45) is 0. The molecule has 0 unspecified atom stereocenters. The van der Waals surface area contributed by atoms with Gasteiger partial charge in [-0.05, 0) is 43.8 Å². The highest BCUT2D eigenvalue weighted by Gasteiger charge is 2.24. The lowest BCUT2D eigenvalue weighted by Crippen LogP contribution is -2.25. The Morgan fingerprint density at radius 1 is 1.00 bits per heavy atom. The lowest BCUT2D eigenvalue weighted by atomic mass is 9.98. The Labute approximate surface area is 124 Å². The third-order valence-corrected chi connectivity index (χ3v) is 3.47. The molecule has 0 radical (unpaired) electrons. The Morgan fingerprint density at radius 2 is 1.58 bits per heavy atom. The molecule has 0 bridgehead atoms. The summed E-state index contributed by atoms with van der Waals surface area (Å²) in [5.74, 6) is 0. The molecule has 0 heterocycles. The Kier molecular flexibility index (Phi) is 4.23. The largest absolute Gasteiger partial charge is 0.472 e. The van der Waals surface area contributed by atoms with Crippen LogP contribution in [0.2, 0.25) is 5.02 Å². The Bertz CT molecular complexity index is 561. The second-order valence-electron chi connectivity index (χ2n) is 4.77. The van der Waals surface area contributed by atoms with Gasteiger partial charge in [-0.25, -0.2) is 0 Å². The summed E-state index contributed by atoms with van der Waals surface area (Å²) >= 11 is 11.2. The van der Waals surface area contributed by atoms with Gasteiger partial charge in [0.2, 0.25) is 0 Å². The van der Waals surface area contributed by atoms with Crippen LogP contribution in [0.25, 0.3) is 0 Å². The molecule has 0 atom stereocenters. The van der Waals surface area contributed by atoms with E-state index in [2.05, 4.69) is 0 Å². The zero-order chi connectivity index (χ0) is 13.9. The van der Waals surface area contributed by atoms with E-state index in [1.807, 2.05) is 68.4 Å². The molecule has 0 aromatic heterocycles. The van der Waals surface area contributed by atoms with Gasteiger partial charge in [-0.2, -0.15) is 0 Å². The number of benzene rings is 2. The van der Waals surface area contributed by atoms with Gasteiger partial charge in [0.05, 0.1) is 0 Å². The quantitative estimate of drug-likeness (QED) is 0.738. The average Bonchev–Trinajstić information content (AvgIpc) is 2.40. The summed E-state index contributed by atoms with van der Waals surface area (Å²) in [6, 6.07) is 17.4. The minimum atomic E-state index is -0.489. The first-order valence-electron chi connectivity index (χ1n) is 6.03. The number of rotatable bonds is 3. The predicted octanol–water partition coefficient (Wildman–Crippen LogP) is 4.97. The zero-order valence-corrected chi connectivity index (χ0v) is 12.5. The van der Waals surface area contributed by atoms with Crippen molar-refractivity contribution in [3.63, 3.8) is 0 Å². The molecule has 0 N–H and O–H groups in total. The van der Waals surface area contributed by atoms with E-state index in [0.717, 1.165) is 11.1 Å². The van der Waals surface area contributed by atoms with E-state index in [0.29, 0.717) is 10.1 Å². The summed E-state index contributed by atoms with van der Waals surface area (Å²) in [5, 5.41) is 1.21. The molecule has 19 heavy (non-hydrogen) atoms. The van der Waals surface area contributed by atoms with Crippen molar-refractivity contribution in [3.8, 4) is 0 Å². The average molecular weight is 291 g/mol. The van der Waals surface area contributed by atoms with Gasteiger partial charge in [0.25, 0.3) is 0 Å². The highest BCUT2D eigenvalue weighted by atomic mass is 35.5. The van der Waals surface area contributed by atoms with Gasteiger partial charge in [0.15, 0.2) is 5.05 Å². The van der Waals surface area contributed by atoms with Gasteiger partial charge in [0, 0.05) is 10.6 Å². The van der Waals surface area contributed by atoms with E-state index in [-0.39, 0.29) is 0 Å². The summed E-state index contributed by atoms with van der Waals surface area (Å²) in [6.45, 7) is 3.98. The first-order chi connectivity index (χ1) is 8.99. The van der Waals surface area contributed by atoms with Gasteiger partial charge in [0.1, 0.15) is 5.60 Å². The molecule has 0 saturated carbocycles. The Balaban J connectivity index is 2.17. The van der Waals surface area contributed by atoms with Crippen molar-refractivity contribution in [2.75, 3.05) is 0 Å². The molecule has 0 aliphatic rings. The monoisotopic (exact) mass is 290 g/mol. The molecule has 2 aromatic rings. The van der Waals surface area contributed by atoms with Crippen LogP contribution in [-0.2, 0) is 10.3 Å². The molecule has 0 saturated heterocycles. The first kappa shape index (κ1) is 14.0.